The summed E-state index contributed by atoms with van der Waals surface area (Å²) in [5, 5.41) is 19.2. The van der Waals surface area contributed by atoms with Crippen molar-refractivity contribution in [2.45, 2.75) is 183 Å². The topological polar surface area (TPSA) is 216 Å². The lowest BCUT2D eigenvalue weighted by molar-refractivity contribution is 0.427. The molecule has 0 aliphatic heterocycles. The van der Waals surface area contributed by atoms with E-state index < -0.39 is 0 Å². The molecule has 416 valence electrons. The minimum Gasteiger partial charge on any atom is -0.365 e. The van der Waals surface area contributed by atoms with E-state index >= 15 is 0 Å². The Morgan fingerprint density at radius 3 is 1.78 bits per heavy atom. The van der Waals surface area contributed by atoms with Crippen molar-refractivity contribution in [2.24, 2.45) is 52.6 Å². The summed E-state index contributed by atoms with van der Waals surface area (Å²) in [6.45, 7) is 22.1. The summed E-state index contributed by atoms with van der Waals surface area (Å²) in [6.07, 6.45) is 33.8. The predicted octanol–water partition coefficient (Wildman–Crippen LogP) is 11.4. The van der Waals surface area contributed by atoms with Gasteiger partial charge in [-0.1, -0.05) is 47.6 Å². The van der Waals surface area contributed by atoms with Crippen LogP contribution in [0.3, 0.4) is 0 Å². The van der Waals surface area contributed by atoms with Crippen LogP contribution in [0.1, 0.15) is 161 Å². The third-order valence-electron chi connectivity index (χ3n) is 14.5. The van der Waals surface area contributed by atoms with Gasteiger partial charge in [-0.05, 0) is 134 Å². The molecular formula is C58H94N18. The van der Waals surface area contributed by atoms with Gasteiger partial charge in [0.05, 0.1) is 47.7 Å². The maximum absolute atomic E-state index is 5.77. The van der Waals surface area contributed by atoms with Crippen molar-refractivity contribution >= 4 is 53.6 Å². The van der Waals surface area contributed by atoms with Gasteiger partial charge in [-0.25, -0.2) is 19.9 Å². The van der Waals surface area contributed by atoms with Gasteiger partial charge in [0.25, 0.3) is 0 Å². The minimum absolute atomic E-state index is 0.237. The standard InChI is InChI=1S/C42H60N16.C7H15N.C7H13N.C2H6/c1-7-29-22-49-58(23-29)35-15-10-30(20-35)21-36-38(44-9-3)40(55-42(53-36)46-19-17-34-25-57(6)27-48-34)52-32-13-11-31(12-14-32)51-39-37(43-8-2)28(4)50-41(54-39)45-18-16-33-24-56(5)26-47-33;1-5-3-6(2)7(8)4-5;1-4-7(5-2)6-8-3;1-2/h8-9,22-27,30-32,35H,7,10-21H2,1-6H3,(H2,45,50,51,54)(H2,46,52,53,55);5-7H,3-4,8H2,1-2H3;4,6H,5H2,1-3H3;1-2H3/b;;7-4-,8-6?;/t;5-,6+,7+;;/m.1../s1. The molecule has 18 nitrogen and oxygen atoms in total. The van der Waals surface area contributed by atoms with Crippen LogP contribution in [-0.2, 0) is 39.8 Å². The first-order valence-electron chi connectivity index (χ1n) is 28.4. The Kier molecular flexibility index (Phi) is 25.2. The average molecular weight is 1040 g/mol. The number of allylic oxidation sites excluding steroid dienone is 2. The summed E-state index contributed by atoms with van der Waals surface area (Å²) in [5.41, 5.74) is 13.9. The number of imidazole rings is 2. The third-order valence-corrected chi connectivity index (χ3v) is 14.5. The van der Waals surface area contributed by atoms with Crippen molar-refractivity contribution in [3.05, 3.63) is 77.4 Å². The van der Waals surface area contributed by atoms with Crippen LogP contribution in [0.2, 0.25) is 0 Å². The molecule has 2 unspecified atom stereocenters. The zero-order valence-corrected chi connectivity index (χ0v) is 48.5. The molecule has 0 saturated heterocycles. The van der Waals surface area contributed by atoms with Crippen molar-refractivity contribution in [1.82, 2.24) is 48.8 Å². The second kappa shape index (κ2) is 31.7. The monoisotopic (exact) mass is 1040 g/mol. The number of aryl methyl sites for hydroxylation is 4. The first-order chi connectivity index (χ1) is 36.8. The van der Waals surface area contributed by atoms with Crippen LogP contribution in [0.5, 0.6) is 0 Å². The van der Waals surface area contributed by atoms with E-state index in [1.165, 1.54) is 24.0 Å². The number of nitrogens with one attached hydrogen (secondary N) is 4. The number of nitrogens with zero attached hydrogens (tertiary/aromatic N) is 13. The average Bonchev–Trinajstić information content (AvgIpc) is 4.29. The number of anilines is 4. The van der Waals surface area contributed by atoms with E-state index in [0.29, 0.717) is 43.0 Å². The second-order valence-corrected chi connectivity index (χ2v) is 20.6. The summed E-state index contributed by atoms with van der Waals surface area (Å²) in [6, 6.07) is 1.39. The van der Waals surface area contributed by atoms with Crippen LogP contribution >= 0.6 is 0 Å². The molecule has 3 saturated carbocycles. The number of aromatic nitrogens is 10. The van der Waals surface area contributed by atoms with Gasteiger partial charge in [-0.2, -0.15) is 15.1 Å². The highest BCUT2D eigenvalue weighted by molar-refractivity contribution is 5.78. The van der Waals surface area contributed by atoms with Crippen LogP contribution in [0.15, 0.2) is 64.1 Å². The largest absolute Gasteiger partial charge is 0.365 e. The van der Waals surface area contributed by atoms with Gasteiger partial charge in [-0.3, -0.25) is 19.7 Å². The zero-order valence-electron chi connectivity index (χ0n) is 48.5. The third kappa shape index (κ3) is 18.8. The number of nitrogens with two attached hydrogens (primary N) is 1. The van der Waals surface area contributed by atoms with E-state index in [2.05, 4.69) is 92.1 Å². The second-order valence-electron chi connectivity index (χ2n) is 20.6. The Morgan fingerprint density at radius 1 is 0.750 bits per heavy atom. The fraction of sp³-hybridized carbons (Fsp3) is 0.621. The molecule has 8 rings (SSSR count). The van der Waals surface area contributed by atoms with E-state index in [9.17, 15) is 0 Å². The molecule has 6 N–H and O–H groups in total. The molecule has 5 aromatic heterocycles. The molecule has 0 bridgehead atoms. The van der Waals surface area contributed by atoms with Gasteiger partial charge >= 0.3 is 0 Å². The molecule has 0 amide bonds. The molecule has 0 radical (unpaired) electrons. The van der Waals surface area contributed by atoms with E-state index in [1.807, 2.05) is 102 Å². The van der Waals surface area contributed by atoms with Crippen molar-refractivity contribution in [3.8, 4) is 0 Å². The first-order valence-corrected chi connectivity index (χ1v) is 28.4. The van der Waals surface area contributed by atoms with Crippen molar-refractivity contribution in [3.63, 3.8) is 0 Å². The van der Waals surface area contributed by atoms with Gasteiger partial charge in [-0.15, -0.1) is 0 Å². The highest BCUT2D eigenvalue weighted by Crippen LogP contribution is 2.40. The summed E-state index contributed by atoms with van der Waals surface area (Å²) in [5.74, 6) is 4.90. The molecule has 3 fully saturated rings. The Balaban J connectivity index is 0.000000505. The SMILES string of the molecule is C/C=C(\C=NC)CC.CC.CC=Nc1c(C)nc(NCCc2cn(C)cn2)nc1NC1CCC(Nc2nc(NCCc3cn(C)cn3)nc(CC3CCC(n4cc(CC)cn4)C3)c2N=CC)CC1.C[C@@H]1C[C@H](C)[C@@H](N)C1. The fourth-order valence-corrected chi connectivity index (χ4v) is 10.3. The normalized spacial score (nSPS) is 21.5. The Hall–Kier alpha value is -6.30. The summed E-state index contributed by atoms with van der Waals surface area (Å²) in [7, 11) is 5.76. The van der Waals surface area contributed by atoms with Crippen LogP contribution in [-0.4, -0.2) is 106 Å². The van der Waals surface area contributed by atoms with E-state index in [0.717, 1.165) is 135 Å². The molecule has 5 aromatic rings. The molecule has 18 heteroatoms. The predicted molar refractivity (Wildman–Crippen MR) is 318 cm³/mol. The Labute approximate surface area is 455 Å². The zero-order chi connectivity index (χ0) is 55.0. The Bertz CT molecular complexity index is 2580. The van der Waals surface area contributed by atoms with E-state index in [-0.39, 0.29) is 12.1 Å². The molecule has 3 aliphatic carbocycles. The quantitative estimate of drug-likeness (QED) is 0.0460. The number of hydrogen-bond donors (Lipinski definition) is 5. The minimum atomic E-state index is 0.237. The number of aliphatic imine (C=N–C) groups is 3. The van der Waals surface area contributed by atoms with Gasteiger partial charge in [0, 0.05) is 102 Å². The maximum atomic E-state index is 5.77. The molecule has 0 aromatic carbocycles. The number of hydrogen-bond acceptors (Lipinski definition) is 15. The molecular weight excluding hydrogens is 949 g/mol. The van der Waals surface area contributed by atoms with Crippen LogP contribution < -0.4 is 27.0 Å². The molecule has 5 atom stereocenters. The molecule has 5 heterocycles. The maximum Gasteiger partial charge on any atom is 0.225 e. The summed E-state index contributed by atoms with van der Waals surface area (Å²) < 4.78 is 6.11. The summed E-state index contributed by atoms with van der Waals surface area (Å²) >= 11 is 0. The van der Waals surface area contributed by atoms with Gasteiger partial charge in [0.15, 0.2) is 11.6 Å². The molecule has 76 heavy (non-hydrogen) atoms. The van der Waals surface area contributed by atoms with Crippen molar-refractivity contribution < 1.29 is 0 Å². The van der Waals surface area contributed by atoms with Crippen LogP contribution in [0.4, 0.5) is 34.9 Å². The van der Waals surface area contributed by atoms with Gasteiger partial charge < -0.3 is 36.1 Å². The van der Waals surface area contributed by atoms with E-state index in [4.69, 9.17) is 35.8 Å². The molecule has 3 aliphatic rings. The van der Waals surface area contributed by atoms with Gasteiger partial charge in [0.2, 0.25) is 11.9 Å². The van der Waals surface area contributed by atoms with E-state index in [1.54, 1.807) is 13.3 Å². The highest BCUT2D eigenvalue weighted by Gasteiger charge is 2.30. The van der Waals surface area contributed by atoms with Crippen molar-refractivity contribution in [1.29, 1.82) is 0 Å². The van der Waals surface area contributed by atoms with Gasteiger partial charge in [0.1, 0.15) is 11.4 Å². The molecule has 0 spiro atoms. The first kappa shape index (κ1) is 60.6. The smallest absolute Gasteiger partial charge is 0.225 e. The number of rotatable bonds is 20. The lowest BCUT2D eigenvalue weighted by Crippen LogP contribution is -2.33. The van der Waals surface area contributed by atoms with Crippen molar-refractivity contribution in [2.75, 3.05) is 41.4 Å². The lowest BCUT2D eigenvalue weighted by atomic mass is 9.91. The summed E-state index contributed by atoms with van der Waals surface area (Å²) in [4.78, 5) is 42.2. The van der Waals surface area contributed by atoms with Crippen LogP contribution in [0.25, 0.3) is 0 Å². The lowest BCUT2D eigenvalue weighted by Gasteiger charge is -2.31. The Morgan fingerprint density at radius 2 is 1.33 bits per heavy atom. The highest BCUT2D eigenvalue weighted by atomic mass is 15.3. The fourth-order valence-electron chi connectivity index (χ4n) is 10.3. The van der Waals surface area contributed by atoms with Crippen LogP contribution in [0, 0.1) is 24.7 Å².